The number of halogens is 1. The zero-order chi connectivity index (χ0) is 13.5. The van der Waals surface area contributed by atoms with Gasteiger partial charge in [0.25, 0.3) is 0 Å². The Kier molecular flexibility index (Phi) is 5.07. The van der Waals surface area contributed by atoms with Crippen molar-refractivity contribution in [3.63, 3.8) is 0 Å². The third kappa shape index (κ3) is 4.47. The molecule has 0 radical (unpaired) electrons. The number of ether oxygens (including phenoxy) is 1. The molecule has 0 aliphatic carbocycles. The van der Waals surface area contributed by atoms with Crippen molar-refractivity contribution in [2.24, 2.45) is 0 Å². The summed E-state index contributed by atoms with van der Waals surface area (Å²) in [4.78, 5) is 0. The maximum Gasteiger partial charge on any atom is 0.120 e. The van der Waals surface area contributed by atoms with Crippen molar-refractivity contribution in [2.75, 3.05) is 13.2 Å². The molecule has 0 bridgehead atoms. The van der Waals surface area contributed by atoms with Gasteiger partial charge in [-0.1, -0.05) is 29.8 Å². The maximum absolute atomic E-state index is 9.64. The average Bonchev–Trinajstić information content (AvgIpc) is 2.43. The lowest BCUT2D eigenvalue weighted by Crippen LogP contribution is -2.20. The Hall–Kier alpha value is -1.71. The lowest BCUT2D eigenvalue weighted by atomic mass is 10.2. The molecule has 2 N–H and O–H groups in total. The minimum absolute atomic E-state index is 0.251. The molecule has 4 heteroatoms. The highest BCUT2D eigenvalue weighted by Gasteiger charge is 2.01. The van der Waals surface area contributed by atoms with Gasteiger partial charge in [0.2, 0.25) is 0 Å². The van der Waals surface area contributed by atoms with E-state index in [2.05, 4.69) is 5.32 Å². The van der Waals surface area contributed by atoms with Crippen LogP contribution in [0.2, 0.25) is 5.02 Å². The van der Waals surface area contributed by atoms with Gasteiger partial charge in [-0.3, -0.25) is 0 Å². The van der Waals surface area contributed by atoms with Crippen LogP contribution in [-0.2, 0) is 6.54 Å². The first kappa shape index (κ1) is 13.7. The zero-order valence-electron chi connectivity index (χ0n) is 10.5. The van der Waals surface area contributed by atoms with Crippen LogP contribution < -0.4 is 10.1 Å². The number of hydrogen-bond acceptors (Lipinski definition) is 3. The fourth-order valence-electron chi connectivity index (χ4n) is 1.68. The Morgan fingerprint density at radius 1 is 1.11 bits per heavy atom. The summed E-state index contributed by atoms with van der Waals surface area (Å²) in [6.07, 6.45) is 0. The minimum Gasteiger partial charge on any atom is -0.508 e. The molecule has 2 aromatic carbocycles. The zero-order valence-corrected chi connectivity index (χ0v) is 11.2. The number of benzene rings is 2. The van der Waals surface area contributed by atoms with Crippen LogP contribution in [0.4, 0.5) is 0 Å². The molecule has 0 fully saturated rings. The summed E-state index contributed by atoms with van der Waals surface area (Å²) in [6, 6.07) is 14.7. The van der Waals surface area contributed by atoms with Crippen LogP contribution >= 0.6 is 11.6 Å². The van der Waals surface area contributed by atoms with E-state index < -0.39 is 0 Å². The molecule has 0 aliphatic rings. The molecule has 2 aromatic rings. The molecule has 0 aliphatic heterocycles. The largest absolute Gasteiger partial charge is 0.508 e. The average molecular weight is 278 g/mol. The lowest BCUT2D eigenvalue weighted by molar-refractivity contribution is 0.313. The minimum atomic E-state index is 0.251. The molecule has 0 heterocycles. The number of para-hydroxylation sites is 1. The van der Waals surface area contributed by atoms with Crippen molar-refractivity contribution in [3.05, 3.63) is 59.1 Å². The molecule has 0 saturated heterocycles. The first-order chi connectivity index (χ1) is 9.25. The number of aromatic hydroxyl groups is 1. The van der Waals surface area contributed by atoms with E-state index in [1.165, 1.54) is 0 Å². The quantitative estimate of drug-likeness (QED) is 0.797. The van der Waals surface area contributed by atoms with Crippen molar-refractivity contribution >= 4 is 11.6 Å². The van der Waals surface area contributed by atoms with E-state index >= 15 is 0 Å². The van der Waals surface area contributed by atoms with Crippen LogP contribution in [0.15, 0.2) is 48.5 Å². The van der Waals surface area contributed by atoms with E-state index in [-0.39, 0.29) is 5.75 Å². The molecular formula is C15H16ClNO2. The highest BCUT2D eigenvalue weighted by Crippen LogP contribution is 2.20. The standard InChI is InChI=1S/C15H16ClNO2/c16-13-6-7-15(18)12(10-13)11-17-8-9-19-14-4-2-1-3-5-14/h1-7,10,17-18H,8-9,11H2. The van der Waals surface area contributed by atoms with Crippen LogP contribution in [-0.4, -0.2) is 18.3 Å². The summed E-state index contributed by atoms with van der Waals surface area (Å²) in [7, 11) is 0. The molecule has 0 unspecified atom stereocenters. The summed E-state index contributed by atoms with van der Waals surface area (Å²) in [5.41, 5.74) is 0.784. The van der Waals surface area contributed by atoms with E-state index in [4.69, 9.17) is 16.3 Å². The van der Waals surface area contributed by atoms with E-state index in [0.717, 1.165) is 11.3 Å². The normalized spacial score (nSPS) is 10.4. The highest BCUT2D eigenvalue weighted by molar-refractivity contribution is 6.30. The lowest BCUT2D eigenvalue weighted by Gasteiger charge is -2.08. The summed E-state index contributed by atoms with van der Waals surface area (Å²) in [6.45, 7) is 1.83. The molecule has 0 aromatic heterocycles. The molecule has 2 rings (SSSR count). The van der Waals surface area contributed by atoms with Crippen LogP contribution in [0, 0.1) is 0 Å². The van der Waals surface area contributed by atoms with Crippen LogP contribution in [0.3, 0.4) is 0 Å². The van der Waals surface area contributed by atoms with Crippen LogP contribution in [0.25, 0.3) is 0 Å². The van der Waals surface area contributed by atoms with E-state index in [9.17, 15) is 5.11 Å². The number of nitrogens with one attached hydrogen (secondary N) is 1. The smallest absolute Gasteiger partial charge is 0.120 e. The van der Waals surface area contributed by atoms with Gasteiger partial charge in [0.15, 0.2) is 0 Å². The van der Waals surface area contributed by atoms with Gasteiger partial charge in [0.1, 0.15) is 18.1 Å². The molecule has 100 valence electrons. The number of phenolic OH excluding ortho intramolecular Hbond substituents is 1. The monoisotopic (exact) mass is 277 g/mol. The summed E-state index contributed by atoms with van der Waals surface area (Å²) < 4.78 is 5.55. The molecule has 3 nitrogen and oxygen atoms in total. The topological polar surface area (TPSA) is 41.5 Å². The fourth-order valence-corrected chi connectivity index (χ4v) is 1.87. The third-order valence-electron chi connectivity index (χ3n) is 2.65. The van der Waals surface area contributed by atoms with Crippen molar-refractivity contribution in [1.29, 1.82) is 0 Å². The summed E-state index contributed by atoms with van der Waals surface area (Å²) in [5, 5.41) is 13.5. The van der Waals surface area contributed by atoms with E-state index in [0.29, 0.717) is 24.7 Å². The predicted molar refractivity (Wildman–Crippen MR) is 76.8 cm³/mol. The van der Waals surface area contributed by atoms with Gasteiger partial charge in [-0.05, 0) is 30.3 Å². The molecule has 19 heavy (non-hydrogen) atoms. The predicted octanol–water partition coefficient (Wildman–Crippen LogP) is 3.21. The van der Waals surface area contributed by atoms with Crippen LogP contribution in [0.5, 0.6) is 11.5 Å². The molecular weight excluding hydrogens is 262 g/mol. The maximum atomic E-state index is 9.64. The second kappa shape index (κ2) is 7.02. The van der Waals surface area contributed by atoms with E-state index in [1.807, 2.05) is 30.3 Å². The Labute approximate surface area is 117 Å². The van der Waals surface area contributed by atoms with Gasteiger partial charge in [-0.25, -0.2) is 0 Å². The van der Waals surface area contributed by atoms with Crippen molar-refractivity contribution in [3.8, 4) is 11.5 Å². The number of phenols is 1. The second-order valence-electron chi connectivity index (χ2n) is 4.11. The molecule has 0 amide bonds. The first-order valence-electron chi connectivity index (χ1n) is 6.11. The van der Waals surface area contributed by atoms with Gasteiger partial charge < -0.3 is 15.2 Å². The Morgan fingerprint density at radius 3 is 2.68 bits per heavy atom. The highest BCUT2D eigenvalue weighted by atomic mass is 35.5. The van der Waals surface area contributed by atoms with Gasteiger partial charge >= 0.3 is 0 Å². The van der Waals surface area contributed by atoms with Crippen LogP contribution in [0.1, 0.15) is 5.56 Å². The molecule has 0 saturated carbocycles. The van der Waals surface area contributed by atoms with Crippen molar-refractivity contribution < 1.29 is 9.84 Å². The fraction of sp³-hybridized carbons (Fsp3) is 0.200. The first-order valence-corrected chi connectivity index (χ1v) is 6.49. The van der Waals surface area contributed by atoms with Gasteiger partial charge in [-0.2, -0.15) is 0 Å². The van der Waals surface area contributed by atoms with Gasteiger partial charge in [-0.15, -0.1) is 0 Å². The summed E-state index contributed by atoms with van der Waals surface area (Å²) in [5.74, 6) is 1.11. The third-order valence-corrected chi connectivity index (χ3v) is 2.88. The molecule has 0 atom stereocenters. The Bertz CT molecular complexity index is 517. The van der Waals surface area contributed by atoms with Crippen molar-refractivity contribution in [1.82, 2.24) is 5.32 Å². The van der Waals surface area contributed by atoms with Crippen molar-refractivity contribution in [2.45, 2.75) is 6.54 Å². The molecule has 0 spiro atoms. The summed E-state index contributed by atoms with van der Waals surface area (Å²) >= 11 is 5.87. The van der Waals surface area contributed by atoms with Gasteiger partial charge in [0, 0.05) is 23.7 Å². The van der Waals surface area contributed by atoms with E-state index in [1.54, 1.807) is 18.2 Å². The number of hydrogen-bond donors (Lipinski definition) is 2. The Balaban J connectivity index is 1.71. The Morgan fingerprint density at radius 2 is 1.89 bits per heavy atom. The second-order valence-corrected chi connectivity index (χ2v) is 4.55. The van der Waals surface area contributed by atoms with Gasteiger partial charge in [0.05, 0.1) is 0 Å². The number of rotatable bonds is 6. The SMILES string of the molecule is Oc1ccc(Cl)cc1CNCCOc1ccccc1.